The summed E-state index contributed by atoms with van der Waals surface area (Å²) in [6.45, 7) is 6.37. The number of nitrogens with one attached hydrogen (secondary N) is 1. The van der Waals surface area contributed by atoms with Crippen LogP contribution in [0.25, 0.3) is 0 Å². The molecule has 0 saturated heterocycles. The van der Waals surface area contributed by atoms with E-state index in [0.717, 1.165) is 29.5 Å². The summed E-state index contributed by atoms with van der Waals surface area (Å²) in [5.74, 6) is -1.24. The molecule has 0 saturated carbocycles. The van der Waals surface area contributed by atoms with Gasteiger partial charge in [0.1, 0.15) is 12.6 Å². The van der Waals surface area contributed by atoms with E-state index >= 15 is 0 Å². The van der Waals surface area contributed by atoms with Crippen LogP contribution in [0.4, 0.5) is 18.9 Å². The average molecular weight is 638 g/mol. The number of anilines is 1. The summed E-state index contributed by atoms with van der Waals surface area (Å²) < 4.78 is 67.2. The van der Waals surface area contributed by atoms with Gasteiger partial charge < -0.3 is 10.2 Å². The number of nitrogens with zero attached hydrogens (tertiary/aromatic N) is 2. The maximum atomic E-state index is 14.1. The van der Waals surface area contributed by atoms with E-state index in [2.05, 4.69) is 5.32 Å². The molecular formula is C31H35ClF3N3O4S. The summed E-state index contributed by atoms with van der Waals surface area (Å²) in [6.07, 6.45) is -3.96. The summed E-state index contributed by atoms with van der Waals surface area (Å²) in [4.78, 5) is 29.1. The highest BCUT2D eigenvalue weighted by molar-refractivity contribution is 7.92. The van der Waals surface area contributed by atoms with Gasteiger partial charge in [0.25, 0.3) is 0 Å². The van der Waals surface area contributed by atoms with Crippen molar-refractivity contribution in [1.82, 2.24) is 10.2 Å². The fraction of sp³-hybridized carbons (Fsp3) is 0.355. The zero-order valence-corrected chi connectivity index (χ0v) is 26.1. The van der Waals surface area contributed by atoms with Crippen molar-refractivity contribution >= 4 is 39.1 Å². The third kappa shape index (κ3) is 9.72. The van der Waals surface area contributed by atoms with Crippen molar-refractivity contribution in [3.05, 3.63) is 100 Å². The predicted molar refractivity (Wildman–Crippen MR) is 162 cm³/mol. The van der Waals surface area contributed by atoms with Gasteiger partial charge in [0.05, 0.1) is 22.5 Å². The summed E-state index contributed by atoms with van der Waals surface area (Å²) in [6, 6.07) is 17.8. The molecule has 0 fully saturated rings. The van der Waals surface area contributed by atoms with Crippen LogP contribution >= 0.6 is 11.6 Å². The van der Waals surface area contributed by atoms with Crippen molar-refractivity contribution in [3.8, 4) is 0 Å². The second-order valence-electron chi connectivity index (χ2n) is 11.4. The first-order valence-electron chi connectivity index (χ1n) is 13.4. The minimum atomic E-state index is -4.86. The molecule has 2 amide bonds. The molecule has 43 heavy (non-hydrogen) atoms. The van der Waals surface area contributed by atoms with Gasteiger partial charge in [-0.2, -0.15) is 13.2 Å². The molecule has 0 heterocycles. The van der Waals surface area contributed by atoms with E-state index in [-0.39, 0.29) is 18.7 Å². The van der Waals surface area contributed by atoms with Gasteiger partial charge in [-0.15, -0.1) is 0 Å². The highest BCUT2D eigenvalue weighted by Gasteiger charge is 2.37. The second kappa shape index (κ2) is 13.4. The normalized spacial score (nSPS) is 12.9. The van der Waals surface area contributed by atoms with Gasteiger partial charge in [-0.25, -0.2) is 8.42 Å². The maximum Gasteiger partial charge on any atom is 0.417 e. The van der Waals surface area contributed by atoms with Crippen molar-refractivity contribution in [2.45, 2.75) is 58.4 Å². The number of carbonyl (C=O) groups is 2. The minimum Gasteiger partial charge on any atom is -0.350 e. The van der Waals surface area contributed by atoms with Gasteiger partial charge in [-0.3, -0.25) is 13.9 Å². The highest BCUT2D eigenvalue weighted by Crippen LogP contribution is 2.37. The average Bonchev–Trinajstić information content (AvgIpc) is 2.89. The Labute approximate surface area is 255 Å². The second-order valence-corrected chi connectivity index (χ2v) is 13.7. The number of amides is 2. The van der Waals surface area contributed by atoms with Gasteiger partial charge >= 0.3 is 6.18 Å². The first-order chi connectivity index (χ1) is 19.8. The van der Waals surface area contributed by atoms with E-state index in [0.29, 0.717) is 15.9 Å². The molecule has 0 aliphatic rings. The smallest absolute Gasteiger partial charge is 0.350 e. The third-order valence-corrected chi connectivity index (χ3v) is 7.94. The molecule has 3 aromatic carbocycles. The van der Waals surface area contributed by atoms with Gasteiger partial charge in [-0.1, -0.05) is 71.8 Å². The molecule has 232 valence electrons. The highest BCUT2D eigenvalue weighted by atomic mass is 35.5. The van der Waals surface area contributed by atoms with Gasteiger partial charge in [0.2, 0.25) is 21.8 Å². The number of hydrogen-bond donors (Lipinski definition) is 1. The molecule has 0 aliphatic heterocycles. The molecule has 0 aromatic heterocycles. The lowest BCUT2D eigenvalue weighted by atomic mass is 10.0. The number of benzene rings is 3. The number of alkyl halides is 3. The fourth-order valence-electron chi connectivity index (χ4n) is 4.40. The molecule has 0 unspecified atom stereocenters. The number of halogens is 4. The number of carbonyl (C=O) groups excluding carboxylic acids is 2. The molecule has 0 aliphatic carbocycles. The van der Waals surface area contributed by atoms with Crippen LogP contribution in [-0.2, 0) is 38.8 Å². The van der Waals surface area contributed by atoms with Crippen LogP contribution in [0.5, 0.6) is 0 Å². The zero-order chi connectivity index (χ0) is 32.2. The lowest BCUT2D eigenvalue weighted by Gasteiger charge is -2.35. The first kappa shape index (κ1) is 33.9. The maximum absolute atomic E-state index is 14.1. The Morgan fingerprint density at radius 3 is 2.07 bits per heavy atom. The topological polar surface area (TPSA) is 86.8 Å². The van der Waals surface area contributed by atoms with Crippen molar-refractivity contribution in [2.75, 3.05) is 17.1 Å². The number of sulfonamides is 1. The van der Waals surface area contributed by atoms with Crippen molar-refractivity contribution in [1.29, 1.82) is 0 Å². The van der Waals surface area contributed by atoms with Crippen LogP contribution in [0, 0.1) is 6.92 Å². The minimum absolute atomic E-state index is 0.0554. The van der Waals surface area contributed by atoms with Crippen molar-refractivity contribution < 1.29 is 31.2 Å². The monoisotopic (exact) mass is 637 g/mol. The lowest BCUT2D eigenvalue weighted by Crippen LogP contribution is -2.56. The van der Waals surface area contributed by atoms with Gasteiger partial charge in [0.15, 0.2) is 0 Å². The van der Waals surface area contributed by atoms with Gasteiger partial charge in [0, 0.05) is 18.5 Å². The standard InChI is InChI=1S/C31H35ClF3N3O4S/c1-21-11-13-23(14-12-21)19-37(27(29(40)36-30(2,3)4)17-22-9-7-6-8-10-22)28(39)20-38(43(5,41)42)24-15-16-26(32)25(18-24)31(33,34)35/h6-16,18,27H,17,19-20H2,1-5H3,(H,36,40)/t27-/m0/s1. The Hall–Kier alpha value is -3.57. The van der Waals surface area contributed by atoms with Crippen LogP contribution in [0.3, 0.4) is 0 Å². The number of hydrogen-bond acceptors (Lipinski definition) is 4. The quantitative estimate of drug-likeness (QED) is 0.296. The Bertz CT molecular complexity index is 1540. The lowest BCUT2D eigenvalue weighted by molar-refractivity contribution is -0.140. The first-order valence-corrected chi connectivity index (χ1v) is 15.6. The summed E-state index contributed by atoms with van der Waals surface area (Å²) in [5, 5.41) is 2.30. The van der Waals surface area contributed by atoms with Crippen molar-refractivity contribution in [2.24, 2.45) is 0 Å². The van der Waals surface area contributed by atoms with Crippen molar-refractivity contribution in [3.63, 3.8) is 0 Å². The number of aryl methyl sites for hydroxylation is 1. The molecule has 1 atom stereocenters. The molecule has 3 aromatic rings. The largest absolute Gasteiger partial charge is 0.417 e. The molecule has 7 nitrogen and oxygen atoms in total. The summed E-state index contributed by atoms with van der Waals surface area (Å²) >= 11 is 5.76. The van der Waals surface area contributed by atoms with E-state index in [1.807, 2.05) is 25.1 Å². The van der Waals surface area contributed by atoms with Gasteiger partial charge in [-0.05, 0) is 57.0 Å². The Morgan fingerprint density at radius 1 is 0.930 bits per heavy atom. The third-order valence-electron chi connectivity index (χ3n) is 6.47. The molecule has 0 radical (unpaired) electrons. The summed E-state index contributed by atoms with van der Waals surface area (Å²) in [5.41, 5.74) is 0.126. The van der Waals surface area contributed by atoms with E-state index in [1.165, 1.54) is 4.90 Å². The van der Waals surface area contributed by atoms with E-state index in [1.54, 1.807) is 57.2 Å². The molecular weight excluding hydrogens is 603 g/mol. The SMILES string of the molecule is Cc1ccc(CN(C(=O)CN(c2ccc(Cl)c(C(F)(F)F)c2)S(C)(=O)=O)[C@@H](Cc2ccccc2)C(=O)NC(C)(C)C)cc1. The molecule has 1 N–H and O–H groups in total. The zero-order valence-electron chi connectivity index (χ0n) is 24.6. The molecule has 0 spiro atoms. The van der Waals surface area contributed by atoms with E-state index in [9.17, 15) is 31.2 Å². The van der Waals surface area contributed by atoms with Crippen LogP contribution < -0.4 is 9.62 Å². The van der Waals surface area contributed by atoms with Crippen LogP contribution in [0.1, 0.15) is 43.0 Å². The van der Waals surface area contributed by atoms with Crippen LogP contribution in [-0.4, -0.2) is 49.5 Å². The van der Waals surface area contributed by atoms with E-state index < -0.39 is 56.7 Å². The Kier molecular flexibility index (Phi) is 10.6. The molecule has 12 heteroatoms. The van der Waals surface area contributed by atoms with Crippen LogP contribution in [0.15, 0.2) is 72.8 Å². The number of rotatable bonds is 10. The predicted octanol–water partition coefficient (Wildman–Crippen LogP) is 5.99. The fourth-order valence-corrected chi connectivity index (χ4v) is 5.46. The molecule has 3 rings (SSSR count). The molecule has 0 bridgehead atoms. The van der Waals surface area contributed by atoms with E-state index in [4.69, 9.17) is 11.6 Å². The Balaban J connectivity index is 2.11. The summed E-state index contributed by atoms with van der Waals surface area (Å²) in [7, 11) is -4.26. The Morgan fingerprint density at radius 2 is 1.53 bits per heavy atom. The van der Waals surface area contributed by atoms with Crippen LogP contribution in [0.2, 0.25) is 5.02 Å².